The molecule has 0 saturated carbocycles. The zero-order valence-electron chi connectivity index (χ0n) is 102. The molecule has 0 saturated heterocycles. The molecule has 0 aliphatic heterocycles. The second-order valence-corrected chi connectivity index (χ2v) is 39.4. The van der Waals surface area contributed by atoms with Gasteiger partial charge in [-0.2, -0.15) is 13.2 Å². The second-order valence-electron chi connectivity index (χ2n) is 38.0. The first-order valence-corrected chi connectivity index (χ1v) is 44.3. The van der Waals surface area contributed by atoms with E-state index >= 15 is 0 Å². The Morgan fingerprint density at radius 1 is 0.356 bits per heavy atom. The average Bonchev–Trinajstić information content (AvgIpc) is 1.58. The van der Waals surface area contributed by atoms with Gasteiger partial charge in [0.05, 0.1) is 11.3 Å². The number of hydrogen-bond donors (Lipinski definition) is 2. The topological polar surface area (TPSA) is 175 Å². The summed E-state index contributed by atoms with van der Waals surface area (Å²) in [7, 11) is -4.09. The van der Waals surface area contributed by atoms with Crippen molar-refractivity contribution in [3.05, 3.63) is 311 Å². The number of rotatable bonds is 10. The summed E-state index contributed by atoms with van der Waals surface area (Å²) in [6, 6.07) is 76.0. The standard InChI is InChI=1S/C35H29NO.C35H28NO.2C22H30N.CHF3O3S.2CH4O.CH4.2Ir/c2*1-21-20-36-30(18-22(21)19-35(2,3)4)28-14-9-15-29-33-31(37-34(28)29)17-16-27-25-12-6-5-10-23(25)24-11-7-8-13-26(24)32(27)33;2*1-16-8-10-17(11-9-16)20-12-18(13-21(2,3)4)19(15-23-20)14-22(5,6)7;2-1(3,4)8(5,6)7;2*1-2;;;/h5-18,20H,19H2,1-4H3;5-13,15-18,20H,19H2,1-4H3;2*8-10,12,15H,13-14H2,1-7H3;(H,5,6,7);2*2H,1H3;1H4;;/q;3*-1;;;;;;/p-1/i2*1D3,19D2;2*1D3,13D2,14D2;;;;;;. The molecule has 12 aromatic carbocycles. The number of para-hydroxylation sites is 1. The fraction of sp³-hybridized carbons (Fsp3) is 0.322. The molecule has 2 N–H and O–H groups in total. The molecule has 18 rings (SSSR count). The molecule has 2 radical (unpaired) electrons. The van der Waals surface area contributed by atoms with Crippen molar-refractivity contribution >= 4 is 119 Å². The summed E-state index contributed by atoms with van der Waals surface area (Å²) >= 11 is 0. The van der Waals surface area contributed by atoms with E-state index in [9.17, 15) is 13.2 Å². The van der Waals surface area contributed by atoms with Crippen LogP contribution >= 0.6 is 0 Å². The van der Waals surface area contributed by atoms with Crippen LogP contribution in [0.5, 0.6) is 0 Å². The van der Waals surface area contributed by atoms with Crippen molar-refractivity contribution in [3.8, 4) is 45.0 Å². The summed E-state index contributed by atoms with van der Waals surface area (Å²) in [6.07, 6.45) is -5.77. The fourth-order valence-electron chi connectivity index (χ4n) is 15.5. The average molecular weight is 2210 g/mol. The monoisotopic (exact) mass is 2210 g/mol. The minimum atomic E-state index is -6.09. The molecule has 135 heavy (non-hydrogen) atoms. The quantitative estimate of drug-likeness (QED) is 0.0577. The SMILES string of the molecule is C.CO.CO.O=S(=O)([O-])C(F)(F)F.[2H]C([2H])([2H])c1c[c-]c(-c2cc(C([2H])([2H])C(C)(C)C)c(C([2H])([2H])C(C)(C)C)cn2)cc1.[2H]C([2H])([2H])c1c[c-]c(-c2cc(C([2H])([2H])C(C)(C)C)c(C([2H])([2H])C(C)(C)C)cn2)cc1.[2H]C([2H])([2H])c1cnc(-c2[c-]ccc3c2oc2ccc4c5ccccc5c5ccccc5c4c23)cc1C([2H])([2H])C(C)(C)C.[2H]C([2H])([2H])c1cnc(-c2cccc3c2oc2ccc4c5ccccc5c5ccccc5c4c23)cc1C([2H])([2H])C(C)(C)C.[Ir].[Ir]. The number of nitrogens with zero attached hydrogens (tertiary/aromatic N) is 4. The Morgan fingerprint density at radius 3 is 1.02 bits per heavy atom. The number of fused-ring (bicyclic) bond motifs is 20. The van der Waals surface area contributed by atoms with Crippen LogP contribution in [0.15, 0.2) is 246 Å². The van der Waals surface area contributed by atoms with E-state index in [0.717, 1.165) is 79.2 Å². The molecule has 0 aliphatic rings. The number of alkyl halides is 3. The molecule has 11 nitrogen and oxygen atoms in total. The van der Waals surface area contributed by atoms with Crippen LogP contribution in [0.4, 0.5) is 13.2 Å². The zero-order valence-corrected chi connectivity index (χ0v) is 84.1. The molecule has 712 valence electrons. The number of aromatic nitrogens is 4. The summed E-state index contributed by atoms with van der Waals surface area (Å²) in [4.78, 5) is 17.9. The molecule has 18 aromatic rings. The molecule has 0 atom stereocenters. The van der Waals surface area contributed by atoms with E-state index in [4.69, 9.17) is 64.9 Å². The predicted octanol–water partition coefficient (Wildman–Crippen LogP) is 31.8. The van der Waals surface area contributed by atoms with Crippen molar-refractivity contribution in [2.45, 2.75) is 203 Å². The van der Waals surface area contributed by atoms with E-state index in [1.54, 1.807) is 161 Å². The van der Waals surface area contributed by atoms with Crippen LogP contribution in [0.3, 0.4) is 0 Å². The van der Waals surface area contributed by atoms with Crippen molar-refractivity contribution in [2.75, 3.05) is 14.2 Å². The van der Waals surface area contributed by atoms with E-state index in [2.05, 4.69) is 147 Å². The van der Waals surface area contributed by atoms with E-state index < -0.39 is 114 Å². The minimum Gasteiger partial charge on any atom is -0.741 e. The van der Waals surface area contributed by atoms with Crippen molar-refractivity contribution in [2.24, 2.45) is 32.5 Å². The summed E-state index contributed by atoms with van der Waals surface area (Å²) in [5.74, 6) is 0. The smallest absolute Gasteiger partial charge is 0.485 e. The maximum absolute atomic E-state index is 10.7. The number of hydrogen-bond acceptors (Lipinski definition) is 11. The maximum Gasteiger partial charge on any atom is 0.485 e. The van der Waals surface area contributed by atoms with Gasteiger partial charge in [-0.15, -0.1) is 89.0 Å². The third-order valence-electron chi connectivity index (χ3n) is 20.3. The summed E-state index contributed by atoms with van der Waals surface area (Å²) in [5, 5.41) is 31.7. The molecule has 0 fully saturated rings. The number of aryl methyl sites for hydroxylation is 4. The van der Waals surface area contributed by atoms with Gasteiger partial charge in [0.1, 0.15) is 16.7 Å². The summed E-state index contributed by atoms with van der Waals surface area (Å²) in [6.45, 7) is 22.5. The first-order valence-electron chi connectivity index (χ1n) is 54.9. The van der Waals surface area contributed by atoms with Crippen molar-refractivity contribution < 1.29 is 118 Å². The van der Waals surface area contributed by atoms with E-state index in [0.29, 0.717) is 56.2 Å². The summed E-state index contributed by atoms with van der Waals surface area (Å²) < 4.78 is 271. The van der Waals surface area contributed by atoms with Crippen molar-refractivity contribution in [1.29, 1.82) is 0 Å². The molecule has 0 unspecified atom stereocenters. The Morgan fingerprint density at radius 2 is 0.667 bits per heavy atom. The minimum absolute atomic E-state index is 0. The van der Waals surface area contributed by atoms with Gasteiger partial charge in [0, 0.05) is 145 Å². The molecule has 6 aromatic heterocycles. The summed E-state index contributed by atoms with van der Waals surface area (Å²) in [5.41, 5.74) is -2.46. The number of aliphatic hydroxyl groups excluding tert-OH is 2. The van der Waals surface area contributed by atoms with Gasteiger partial charge in [0.2, 0.25) is 0 Å². The molecule has 6 heterocycles. The molecule has 17 heteroatoms. The third kappa shape index (κ3) is 26.4. The molecule has 0 aliphatic carbocycles. The Bertz CT molecular complexity index is 7930. The van der Waals surface area contributed by atoms with Gasteiger partial charge in [0.15, 0.2) is 10.1 Å². The van der Waals surface area contributed by atoms with Gasteiger partial charge < -0.3 is 38.6 Å². The van der Waals surface area contributed by atoms with Crippen molar-refractivity contribution in [3.63, 3.8) is 0 Å². The Kier molecular flexibility index (Phi) is 25.1. The van der Waals surface area contributed by atoms with Crippen LogP contribution in [0.2, 0.25) is 0 Å². The largest absolute Gasteiger partial charge is 0.741 e. The Labute approximate surface area is 857 Å². The number of aliphatic hydroxyl groups is 2. The molecule has 0 spiro atoms. The second kappa shape index (κ2) is 43.8. The van der Waals surface area contributed by atoms with Crippen LogP contribution in [0.25, 0.3) is 154 Å². The predicted molar refractivity (Wildman–Crippen MR) is 551 cm³/mol. The van der Waals surface area contributed by atoms with Crippen molar-refractivity contribution in [1.82, 2.24) is 19.9 Å². The van der Waals surface area contributed by atoms with Crippen LogP contribution in [-0.2, 0) is 88.6 Å². The van der Waals surface area contributed by atoms with Gasteiger partial charge in [-0.1, -0.05) is 296 Å². The van der Waals surface area contributed by atoms with Gasteiger partial charge in [-0.05, 0) is 225 Å². The molecule has 0 bridgehead atoms. The number of halogens is 3. The molecular formula is C118H129F3Ir2N4O7S-4. The Balaban J connectivity index is 0.000000227. The third-order valence-corrected chi connectivity index (χ3v) is 20.9. The molecule has 0 amide bonds. The Hall–Kier alpha value is -10.7. The van der Waals surface area contributed by atoms with Crippen LogP contribution < -0.4 is 0 Å². The van der Waals surface area contributed by atoms with E-state index in [1.807, 2.05) is 42.5 Å². The van der Waals surface area contributed by atoms with Crippen LogP contribution in [-0.4, -0.2) is 62.8 Å². The molecular weight excluding hydrogens is 2060 g/mol. The number of benzene rings is 12. The normalized spacial score (nSPS) is 15.6. The van der Waals surface area contributed by atoms with E-state index in [-0.39, 0.29) is 103 Å². The number of pyridine rings is 4. The van der Waals surface area contributed by atoms with Gasteiger partial charge in [0.25, 0.3) is 0 Å². The van der Waals surface area contributed by atoms with Crippen LogP contribution in [0, 0.1) is 78.1 Å². The first-order chi connectivity index (χ1) is 71.6. The first kappa shape index (κ1) is 77.4. The van der Waals surface area contributed by atoms with Gasteiger partial charge >= 0.3 is 5.51 Å². The van der Waals surface area contributed by atoms with E-state index in [1.165, 1.54) is 81.4 Å². The van der Waals surface area contributed by atoms with Gasteiger partial charge in [-0.25, -0.2) is 8.42 Å². The zero-order chi connectivity index (χ0) is 117. The fourth-order valence-corrected chi connectivity index (χ4v) is 15.5. The van der Waals surface area contributed by atoms with Crippen LogP contribution in [0.1, 0.15) is 221 Å². The van der Waals surface area contributed by atoms with Gasteiger partial charge in [-0.3, -0.25) is 4.98 Å². The maximum atomic E-state index is 10.7. The number of furan rings is 2.